The van der Waals surface area contributed by atoms with Gasteiger partial charge in [-0.15, -0.1) is 0 Å². The van der Waals surface area contributed by atoms with Gasteiger partial charge in [0.05, 0.1) is 13.0 Å². The van der Waals surface area contributed by atoms with Gasteiger partial charge in [0.15, 0.2) is 0 Å². The van der Waals surface area contributed by atoms with Crippen molar-refractivity contribution in [3.05, 3.63) is 23.8 Å². The predicted octanol–water partition coefficient (Wildman–Crippen LogP) is 5.09. The average molecular weight is 270 g/mol. The molecule has 19 heavy (non-hydrogen) atoms. The Morgan fingerprint density at radius 3 is 2.63 bits per heavy atom. The smallest absolute Gasteiger partial charge is 0.315 e. The molecule has 1 nitrogen and oxygen atoms in total. The van der Waals surface area contributed by atoms with Crippen LogP contribution in [0.4, 0.5) is 8.78 Å². The standard InChI is InChI=1S/C16H24F2O/c1-2-3-13-4-6-14(7-5-13)8-9-15-10-11-16(17,18)19-12-15/h8-10,13-14H,2-7,11-12H2,1H3/b9-8+. The fraction of sp³-hybridized carbons (Fsp3) is 0.750. The molecule has 0 radical (unpaired) electrons. The van der Waals surface area contributed by atoms with Crippen molar-refractivity contribution in [1.82, 2.24) is 0 Å². The van der Waals surface area contributed by atoms with Gasteiger partial charge < -0.3 is 4.74 Å². The molecule has 0 aromatic carbocycles. The molecule has 0 N–H and O–H groups in total. The van der Waals surface area contributed by atoms with Crippen LogP contribution < -0.4 is 0 Å². The number of alkyl halides is 2. The van der Waals surface area contributed by atoms with Gasteiger partial charge in [-0.25, -0.2) is 0 Å². The molecule has 1 aliphatic carbocycles. The molecule has 0 bridgehead atoms. The van der Waals surface area contributed by atoms with E-state index in [1.165, 1.54) is 38.5 Å². The van der Waals surface area contributed by atoms with E-state index in [1.807, 2.05) is 6.08 Å². The van der Waals surface area contributed by atoms with E-state index < -0.39 is 6.11 Å². The van der Waals surface area contributed by atoms with E-state index in [4.69, 9.17) is 0 Å². The van der Waals surface area contributed by atoms with Crippen molar-refractivity contribution in [3.8, 4) is 0 Å². The minimum absolute atomic E-state index is 0.0364. The highest BCUT2D eigenvalue weighted by Crippen LogP contribution is 2.33. The van der Waals surface area contributed by atoms with Crippen LogP contribution in [0.1, 0.15) is 51.9 Å². The molecule has 1 heterocycles. The van der Waals surface area contributed by atoms with E-state index in [0.29, 0.717) is 5.92 Å². The normalized spacial score (nSPS) is 31.4. The predicted molar refractivity (Wildman–Crippen MR) is 73.1 cm³/mol. The Hall–Kier alpha value is -0.700. The largest absolute Gasteiger partial charge is 0.359 e. The van der Waals surface area contributed by atoms with Gasteiger partial charge in [0.2, 0.25) is 0 Å². The van der Waals surface area contributed by atoms with Crippen molar-refractivity contribution in [1.29, 1.82) is 0 Å². The maximum atomic E-state index is 12.8. The molecular weight excluding hydrogens is 246 g/mol. The Kier molecular flexibility index (Phi) is 5.14. The Morgan fingerprint density at radius 2 is 2.05 bits per heavy atom. The highest BCUT2D eigenvalue weighted by Gasteiger charge is 2.31. The third-order valence-electron chi connectivity index (χ3n) is 4.22. The fourth-order valence-electron chi connectivity index (χ4n) is 3.01. The van der Waals surface area contributed by atoms with Crippen molar-refractivity contribution in [3.63, 3.8) is 0 Å². The van der Waals surface area contributed by atoms with E-state index >= 15 is 0 Å². The van der Waals surface area contributed by atoms with E-state index in [9.17, 15) is 8.78 Å². The molecule has 1 fully saturated rings. The average Bonchev–Trinajstić information content (AvgIpc) is 2.40. The highest BCUT2D eigenvalue weighted by atomic mass is 19.3. The Balaban J connectivity index is 1.76. The van der Waals surface area contributed by atoms with Crippen LogP contribution in [-0.4, -0.2) is 12.7 Å². The SMILES string of the molecule is CCCC1CCC(/C=C/C2=CCC(F)(F)OC2)CC1. The molecule has 0 amide bonds. The minimum atomic E-state index is -2.96. The summed E-state index contributed by atoms with van der Waals surface area (Å²) in [4.78, 5) is 0. The third kappa shape index (κ3) is 4.72. The van der Waals surface area contributed by atoms with Crippen LogP contribution in [-0.2, 0) is 4.74 Å². The molecule has 2 rings (SSSR count). The van der Waals surface area contributed by atoms with Crippen molar-refractivity contribution >= 4 is 0 Å². The molecule has 0 spiro atoms. The maximum Gasteiger partial charge on any atom is 0.359 e. The number of hydrogen-bond acceptors (Lipinski definition) is 1. The summed E-state index contributed by atoms with van der Waals surface area (Å²) in [6, 6.07) is 0. The number of allylic oxidation sites excluding steroid dienone is 1. The molecule has 108 valence electrons. The molecule has 0 saturated heterocycles. The van der Waals surface area contributed by atoms with Crippen LogP contribution in [0.5, 0.6) is 0 Å². The summed E-state index contributed by atoms with van der Waals surface area (Å²) in [6.07, 6.45) is 10.3. The molecule has 2 aliphatic rings. The monoisotopic (exact) mass is 270 g/mol. The summed E-state index contributed by atoms with van der Waals surface area (Å²) >= 11 is 0. The first kappa shape index (κ1) is 14.7. The lowest BCUT2D eigenvalue weighted by Gasteiger charge is -2.26. The van der Waals surface area contributed by atoms with E-state index in [1.54, 1.807) is 6.08 Å². The van der Waals surface area contributed by atoms with Crippen LogP contribution in [0.25, 0.3) is 0 Å². The van der Waals surface area contributed by atoms with Crippen molar-refractivity contribution in [2.75, 3.05) is 6.61 Å². The second-order valence-electron chi connectivity index (χ2n) is 5.84. The van der Waals surface area contributed by atoms with E-state index in [-0.39, 0.29) is 13.0 Å². The zero-order valence-corrected chi connectivity index (χ0v) is 11.7. The number of ether oxygens (including phenoxy) is 1. The van der Waals surface area contributed by atoms with Gasteiger partial charge in [0.1, 0.15) is 0 Å². The highest BCUT2D eigenvalue weighted by molar-refractivity contribution is 5.21. The molecule has 3 heteroatoms. The molecule has 1 saturated carbocycles. The summed E-state index contributed by atoms with van der Waals surface area (Å²) in [5, 5.41) is 0. The topological polar surface area (TPSA) is 9.23 Å². The van der Waals surface area contributed by atoms with Gasteiger partial charge >= 0.3 is 6.11 Å². The Bertz CT molecular complexity index is 339. The molecule has 0 atom stereocenters. The second-order valence-corrected chi connectivity index (χ2v) is 5.84. The first-order chi connectivity index (χ1) is 9.09. The quantitative estimate of drug-likeness (QED) is 0.691. The number of halogens is 2. The lowest BCUT2D eigenvalue weighted by atomic mass is 9.80. The van der Waals surface area contributed by atoms with Gasteiger partial charge in [-0.05, 0) is 43.1 Å². The van der Waals surface area contributed by atoms with Gasteiger partial charge in [-0.2, -0.15) is 8.78 Å². The molecule has 1 aliphatic heterocycles. The minimum Gasteiger partial charge on any atom is -0.315 e. The summed E-state index contributed by atoms with van der Waals surface area (Å²) in [6.45, 7) is 2.28. The zero-order chi connectivity index (χ0) is 13.7. The fourth-order valence-corrected chi connectivity index (χ4v) is 3.01. The van der Waals surface area contributed by atoms with Crippen molar-refractivity contribution < 1.29 is 13.5 Å². The van der Waals surface area contributed by atoms with Crippen LogP contribution in [0.15, 0.2) is 23.8 Å². The van der Waals surface area contributed by atoms with Crippen LogP contribution >= 0.6 is 0 Å². The first-order valence-electron chi connectivity index (χ1n) is 7.48. The Morgan fingerprint density at radius 1 is 1.32 bits per heavy atom. The maximum absolute atomic E-state index is 12.8. The number of rotatable bonds is 4. The molecule has 0 unspecified atom stereocenters. The molecule has 0 aromatic rings. The summed E-state index contributed by atoms with van der Waals surface area (Å²) in [7, 11) is 0. The van der Waals surface area contributed by atoms with Crippen molar-refractivity contribution in [2.45, 2.75) is 58.0 Å². The second kappa shape index (κ2) is 6.65. The van der Waals surface area contributed by atoms with Gasteiger partial charge in [0.25, 0.3) is 0 Å². The summed E-state index contributed by atoms with van der Waals surface area (Å²) < 4.78 is 30.1. The van der Waals surface area contributed by atoms with E-state index in [2.05, 4.69) is 17.7 Å². The lowest BCUT2D eigenvalue weighted by molar-refractivity contribution is -0.234. The zero-order valence-electron chi connectivity index (χ0n) is 11.7. The Labute approximate surface area is 114 Å². The summed E-state index contributed by atoms with van der Waals surface area (Å²) in [5.41, 5.74) is 0.890. The van der Waals surface area contributed by atoms with Gasteiger partial charge in [-0.1, -0.05) is 38.0 Å². The van der Waals surface area contributed by atoms with Gasteiger partial charge in [-0.3, -0.25) is 0 Å². The van der Waals surface area contributed by atoms with Gasteiger partial charge in [0, 0.05) is 0 Å². The number of hydrogen-bond donors (Lipinski definition) is 0. The van der Waals surface area contributed by atoms with Crippen LogP contribution in [0.2, 0.25) is 0 Å². The molecular formula is C16H24F2O. The molecule has 0 aromatic heterocycles. The van der Waals surface area contributed by atoms with Crippen molar-refractivity contribution in [2.24, 2.45) is 11.8 Å². The first-order valence-corrected chi connectivity index (χ1v) is 7.48. The van der Waals surface area contributed by atoms with Crippen LogP contribution in [0.3, 0.4) is 0 Å². The third-order valence-corrected chi connectivity index (χ3v) is 4.22. The van der Waals surface area contributed by atoms with Crippen LogP contribution in [0, 0.1) is 11.8 Å². The summed E-state index contributed by atoms with van der Waals surface area (Å²) in [5.74, 6) is 1.53. The lowest BCUT2D eigenvalue weighted by Crippen LogP contribution is -2.24. The van der Waals surface area contributed by atoms with E-state index in [0.717, 1.165) is 11.5 Å².